The van der Waals surface area contributed by atoms with Crippen LogP contribution in [0.5, 0.6) is 5.75 Å². The van der Waals surface area contributed by atoms with Crippen molar-refractivity contribution in [3.8, 4) is 5.75 Å². The minimum Gasteiger partial charge on any atom is -0.477 e. The van der Waals surface area contributed by atoms with Crippen molar-refractivity contribution in [3.05, 3.63) is 40.9 Å². The zero-order chi connectivity index (χ0) is 19.7. The van der Waals surface area contributed by atoms with Crippen LogP contribution in [-0.2, 0) is 9.59 Å². The summed E-state index contributed by atoms with van der Waals surface area (Å²) in [5, 5.41) is 3.34. The summed E-state index contributed by atoms with van der Waals surface area (Å²) in [5.41, 5.74) is 7.23. The van der Waals surface area contributed by atoms with Gasteiger partial charge < -0.3 is 15.8 Å². The normalized spacial score (nSPS) is 17.1. The van der Waals surface area contributed by atoms with E-state index in [0.29, 0.717) is 22.9 Å². The lowest BCUT2D eigenvalue weighted by atomic mass is 10.1. The number of pyridine rings is 1. The molecule has 0 aliphatic carbocycles. The van der Waals surface area contributed by atoms with E-state index < -0.39 is 12.1 Å². The van der Waals surface area contributed by atoms with Gasteiger partial charge in [0.25, 0.3) is 5.91 Å². The molecule has 1 aliphatic rings. The Morgan fingerprint density at radius 3 is 2.81 bits per heavy atom. The lowest BCUT2D eigenvalue weighted by Gasteiger charge is -2.36. The monoisotopic (exact) mass is 388 g/mol. The molecule has 0 saturated heterocycles. The van der Waals surface area contributed by atoms with Crippen LogP contribution in [0.25, 0.3) is 0 Å². The van der Waals surface area contributed by atoms with Gasteiger partial charge in [-0.3, -0.25) is 14.5 Å². The van der Waals surface area contributed by atoms with Crippen molar-refractivity contribution < 1.29 is 14.3 Å². The third kappa shape index (κ3) is 3.68. The Balaban J connectivity index is 1.90. The second-order valence-corrected chi connectivity index (χ2v) is 6.82. The molecule has 0 radical (unpaired) electrons. The highest BCUT2D eigenvalue weighted by Crippen LogP contribution is 2.35. The fraction of sp³-hybridized carbons (Fsp3) is 0.316. The van der Waals surface area contributed by atoms with Gasteiger partial charge in [-0.05, 0) is 50.1 Å². The van der Waals surface area contributed by atoms with Gasteiger partial charge in [-0.25, -0.2) is 4.98 Å². The molecule has 2 heterocycles. The number of aryl methyl sites for hydroxylation is 1. The second-order valence-electron chi connectivity index (χ2n) is 6.41. The second kappa shape index (κ2) is 7.44. The smallest absolute Gasteiger partial charge is 0.270 e. The number of hydrogen-bond acceptors (Lipinski definition) is 5. The molecular weight excluding hydrogens is 368 g/mol. The van der Waals surface area contributed by atoms with E-state index in [-0.39, 0.29) is 23.5 Å². The summed E-state index contributed by atoms with van der Waals surface area (Å²) < 4.78 is 5.70. The van der Waals surface area contributed by atoms with Crippen LogP contribution >= 0.6 is 11.6 Å². The summed E-state index contributed by atoms with van der Waals surface area (Å²) in [7, 11) is 0. The van der Waals surface area contributed by atoms with Crippen molar-refractivity contribution in [3.63, 3.8) is 0 Å². The first kappa shape index (κ1) is 19.0. The Labute approximate surface area is 162 Å². The number of halogens is 1. The first-order valence-corrected chi connectivity index (χ1v) is 9.03. The van der Waals surface area contributed by atoms with Crippen LogP contribution in [0, 0.1) is 6.92 Å². The molecule has 1 aliphatic heterocycles. The molecule has 2 amide bonds. The van der Waals surface area contributed by atoms with Crippen LogP contribution in [0.2, 0.25) is 5.02 Å². The number of fused-ring (bicyclic) bond motifs is 1. The Bertz CT molecular complexity index is 903. The number of aromatic nitrogens is 1. The van der Waals surface area contributed by atoms with E-state index in [2.05, 4.69) is 10.3 Å². The number of amides is 2. The topological polar surface area (TPSA) is 97.6 Å². The Morgan fingerprint density at radius 1 is 1.41 bits per heavy atom. The summed E-state index contributed by atoms with van der Waals surface area (Å²) in [4.78, 5) is 31.2. The summed E-state index contributed by atoms with van der Waals surface area (Å²) in [6.07, 6.45) is -0.201. The number of nitrogen functional groups attached to an aromatic ring is 1. The maximum absolute atomic E-state index is 12.8. The number of hydrogen-bond donors (Lipinski definition) is 2. The number of nitrogens with zero attached hydrogens (tertiary/aromatic N) is 2. The van der Waals surface area contributed by atoms with E-state index in [9.17, 15) is 9.59 Å². The van der Waals surface area contributed by atoms with Gasteiger partial charge in [0.15, 0.2) is 17.7 Å². The van der Waals surface area contributed by atoms with Gasteiger partial charge in [0.2, 0.25) is 5.91 Å². The van der Waals surface area contributed by atoms with E-state index in [4.69, 9.17) is 22.1 Å². The van der Waals surface area contributed by atoms with Crippen molar-refractivity contribution in [2.24, 2.45) is 0 Å². The third-order valence-corrected chi connectivity index (χ3v) is 4.86. The van der Waals surface area contributed by atoms with Crippen LogP contribution in [-0.4, -0.2) is 28.9 Å². The Morgan fingerprint density at radius 2 is 2.15 bits per heavy atom. The van der Waals surface area contributed by atoms with Crippen molar-refractivity contribution in [1.82, 2.24) is 4.98 Å². The molecule has 3 N–H and O–H groups in total. The predicted molar refractivity (Wildman–Crippen MR) is 105 cm³/mol. The number of rotatable bonds is 4. The molecule has 2 unspecified atom stereocenters. The molecule has 27 heavy (non-hydrogen) atoms. The maximum Gasteiger partial charge on any atom is 0.270 e. The van der Waals surface area contributed by atoms with E-state index in [1.807, 2.05) is 19.9 Å². The third-order valence-electron chi connectivity index (χ3n) is 4.45. The molecule has 2 aromatic rings. The molecule has 0 saturated carbocycles. The number of carbonyl (C=O) groups excluding carboxylic acids is 2. The molecule has 0 fully saturated rings. The molecule has 1 aromatic heterocycles. The van der Waals surface area contributed by atoms with Crippen molar-refractivity contribution in [2.45, 2.75) is 39.3 Å². The number of ether oxygens (including phenoxy) is 1. The largest absolute Gasteiger partial charge is 0.477 e. The molecule has 2 atom stereocenters. The highest BCUT2D eigenvalue weighted by atomic mass is 35.5. The molecule has 8 heteroatoms. The predicted octanol–water partition coefficient (Wildman–Crippen LogP) is 3.16. The number of benzene rings is 1. The quantitative estimate of drug-likeness (QED) is 0.838. The SMILES string of the molecule is CCC1Oc2ccc(N)nc2N(C(C)C(=O)Nc2ccc(C)c(Cl)c2)C1=O. The van der Waals surface area contributed by atoms with Crippen molar-refractivity contribution in [2.75, 3.05) is 16.0 Å². The van der Waals surface area contributed by atoms with Gasteiger partial charge in [-0.1, -0.05) is 24.6 Å². The molecular formula is C19H21ClN4O3. The summed E-state index contributed by atoms with van der Waals surface area (Å²) in [6.45, 7) is 5.35. The van der Waals surface area contributed by atoms with E-state index in [1.165, 1.54) is 4.90 Å². The van der Waals surface area contributed by atoms with E-state index >= 15 is 0 Å². The molecule has 0 spiro atoms. The standard InChI is InChI=1S/C19H21ClN4O3/c1-4-14-19(26)24(17-15(27-14)7-8-16(21)23-17)11(3)18(25)22-12-6-5-10(2)13(20)9-12/h5-9,11,14H,4H2,1-3H3,(H2,21,23)(H,22,25). The van der Waals surface area contributed by atoms with Crippen LogP contribution in [0.15, 0.2) is 30.3 Å². The van der Waals surface area contributed by atoms with Crippen LogP contribution in [0.4, 0.5) is 17.3 Å². The minimum absolute atomic E-state index is 0.239. The average Bonchev–Trinajstić information content (AvgIpc) is 2.63. The zero-order valence-corrected chi connectivity index (χ0v) is 16.1. The number of nitrogens with one attached hydrogen (secondary N) is 1. The molecule has 142 valence electrons. The number of anilines is 3. The number of carbonyl (C=O) groups is 2. The van der Waals surface area contributed by atoms with Crippen molar-refractivity contribution in [1.29, 1.82) is 0 Å². The number of nitrogens with two attached hydrogens (primary N) is 1. The van der Waals surface area contributed by atoms with Gasteiger partial charge in [-0.15, -0.1) is 0 Å². The van der Waals surface area contributed by atoms with Gasteiger partial charge in [-0.2, -0.15) is 0 Å². The lowest BCUT2D eigenvalue weighted by molar-refractivity contribution is -0.129. The highest BCUT2D eigenvalue weighted by Gasteiger charge is 2.39. The summed E-state index contributed by atoms with van der Waals surface area (Å²) in [5.74, 6) is 0.217. The lowest BCUT2D eigenvalue weighted by Crippen LogP contribution is -2.53. The van der Waals surface area contributed by atoms with Gasteiger partial charge in [0.05, 0.1) is 0 Å². The van der Waals surface area contributed by atoms with E-state index in [1.54, 1.807) is 31.2 Å². The summed E-state index contributed by atoms with van der Waals surface area (Å²) in [6, 6.07) is 7.67. The first-order valence-electron chi connectivity index (χ1n) is 8.65. The zero-order valence-electron chi connectivity index (χ0n) is 15.3. The first-order chi connectivity index (χ1) is 12.8. The summed E-state index contributed by atoms with van der Waals surface area (Å²) >= 11 is 6.11. The van der Waals surface area contributed by atoms with Gasteiger partial charge >= 0.3 is 0 Å². The fourth-order valence-electron chi connectivity index (χ4n) is 2.84. The van der Waals surface area contributed by atoms with Crippen LogP contribution < -0.4 is 20.7 Å². The fourth-order valence-corrected chi connectivity index (χ4v) is 3.03. The Hall–Kier alpha value is -2.80. The van der Waals surface area contributed by atoms with E-state index in [0.717, 1.165) is 5.56 Å². The highest BCUT2D eigenvalue weighted by molar-refractivity contribution is 6.31. The van der Waals surface area contributed by atoms with Gasteiger partial charge in [0.1, 0.15) is 11.9 Å². The van der Waals surface area contributed by atoms with Crippen LogP contribution in [0.1, 0.15) is 25.8 Å². The molecule has 0 bridgehead atoms. The molecule has 3 rings (SSSR count). The van der Waals surface area contributed by atoms with Gasteiger partial charge in [0, 0.05) is 10.7 Å². The van der Waals surface area contributed by atoms with Crippen LogP contribution in [0.3, 0.4) is 0 Å². The molecule has 1 aromatic carbocycles. The average molecular weight is 389 g/mol. The Kier molecular flexibility index (Phi) is 5.23. The molecule has 7 nitrogen and oxygen atoms in total. The maximum atomic E-state index is 12.8. The minimum atomic E-state index is -0.816. The van der Waals surface area contributed by atoms with Crippen molar-refractivity contribution >= 4 is 40.7 Å².